The molecule has 0 fully saturated rings. The van der Waals surface area contributed by atoms with Crippen LogP contribution in [0.1, 0.15) is 18.2 Å². The van der Waals surface area contributed by atoms with E-state index in [1.54, 1.807) is 0 Å². The maximum Gasteiger partial charge on any atom is 0.0724 e. The van der Waals surface area contributed by atoms with E-state index < -0.39 is 0 Å². The van der Waals surface area contributed by atoms with Crippen molar-refractivity contribution in [2.75, 3.05) is 6.54 Å². The lowest BCUT2D eigenvalue weighted by atomic mass is 10.2. The third-order valence-corrected chi connectivity index (χ3v) is 3.02. The van der Waals surface area contributed by atoms with Crippen LogP contribution in [0.4, 0.5) is 0 Å². The largest absolute Gasteiger partial charge is 0.313 e. The highest BCUT2D eigenvalue weighted by Gasteiger charge is 2.07. The van der Waals surface area contributed by atoms with E-state index >= 15 is 0 Å². The van der Waals surface area contributed by atoms with Crippen molar-refractivity contribution in [2.24, 2.45) is 0 Å². The zero-order chi connectivity index (χ0) is 12.3. The summed E-state index contributed by atoms with van der Waals surface area (Å²) in [7, 11) is 0. The van der Waals surface area contributed by atoms with Gasteiger partial charge in [-0.3, -0.25) is 4.98 Å². The summed E-state index contributed by atoms with van der Waals surface area (Å²) in [5.41, 5.74) is 3.27. The minimum atomic E-state index is 0.815. The van der Waals surface area contributed by atoms with E-state index in [0.717, 1.165) is 33.6 Å². The average molecular weight is 342 g/mol. The van der Waals surface area contributed by atoms with E-state index in [1.807, 2.05) is 30.2 Å². The topological polar surface area (TPSA) is 42.7 Å². The smallest absolute Gasteiger partial charge is 0.0724 e. The molecular formula is C12H15IN4. The van der Waals surface area contributed by atoms with Crippen molar-refractivity contribution in [1.29, 1.82) is 0 Å². The van der Waals surface area contributed by atoms with Gasteiger partial charge in [-0.25, -0.2) is 4.68 Å². The van der Waals surface area contributed by atoms with Crippen molar-refractivity contribution in [3.63, 3.8) is 0 Å². The second-order valence-corrected chi connectivity index (χ2v) is 5.08. The highest BCUT2D eigenvalue weighted by molar-refractivity contribution is 14.1. The number of rotatable bonds is 4. The lowest BCUT2D eigenvalue weighted by molar-refractivity contribution is 0.713. The van der Waals surface area contributed by atoms with E-state index in [0.29, 0.717) is 0 Å². The molecular weight excluding hydrogens is 327 g/mol. The maximum atomic E-state index is 4.35. The zero-order valence-electron chi connectivity index (χ0n) is 9.94. The van der Waals surface area contributed by atoms with Crippen molar-refractivity contribution in [1.82, 2.24) is 20.1 Å². The molecule has 2 rings (SSSR count). The van der Waals surface area contributed by atoms with Gasteiger partial charge in [0.2, 0.25) is 0 Å². The molecule has 0 bridgehead atoms. The predicted octanol–water partition coefficient (Wildman–Crippen LogP) is 2.29. The Kier molecular flexibility index (Phi) is 4.11. The molecule has 0 aliphatic rings. The number of aromatic nitrogens is 3. The van der Waals surface area contributed by atoms with Gasteiger partial charge in [0.25, 0.3) is 0 Å². The number of hydrogen-bond donors (Lipinski definition) is 1. The Morgan fingerprint density at radius 3 is 2.88 bits per heavy atom. The van der Waals surface area contributed by atoms with Crippen LogP contribution < -0.4 is 5.32 Å². The van der Waals surface area contributed by atoms with Gasteiger partial charge in [0.05, 0.1) is 15.5 Å². The average Bonchev–Trinajstić information content (AvgIpc) is 2.74. The normalized spacial score (nSPS) is 10.8. The molecule has 0 saturated carbocycles. The lowest BCUT2D eigenvalue weighted by Crippen LogP contribution is -2.14. The number of pyridine rings is 1. The summed E-state index contributed by atoms with van der Waals surface area (Å²) in [6.07, 6.45) is 5.79. The fourth-order valence-corrected chi connectivity index (χ4v) is 2.00. The third-order valence-electron chi connectivity index (χ3n) is 2.46. The van der Waals surface area contributed by atoms with Crippen LogP contribution in [0.15, 0.2) is 24.7 Å². The molecule has 0 spiro atoms. The molecule has 0 saturated heterocycles. The number of halogens is 1. The summed E-state index contributed by atoms with van der Waals surface area (Å²) in [5.74, 6) is 0. The lowest BCUT2D eigenvalue weighted by Gasteiger charge is -2.10. The van der Waals surface area contributed by atoms with Gasteiger partial charge in [0, 0.05) is 30.2 Å². The first-order chi connectivity index (χ1) is 8.20. The van der Waals surface area contributed by atoms with Crippen molar-refractivity contribution >= 4 is 22.6 Å². The first-order valence-electron chi connectivity index (χ1n) is 5.57. The van der Waals surface area contributed by atoms with Gasteiger partial charge >= 0.3 is 0 Å². The van der Waals surface area contributed by atoms with Crippen LogP contribution in [0.5, 0.6) is 0 Å². The van der Waals surface area contributed by atoms with Gasteiger partial charge in [-0.2, -0.15) is 5.10 Å². The van der Waals surface area contributed by atoms with Gasteiger partial charge in [0.15, 0.2) is 0 Å². The van der Waals surface area contributed by atoms with Gasteiger partial charge in [-0.15, -0.1) is 0 Å². The Balaban J connectivity index is 2.39. The fraction of sp³-hybridized carbons (Fsp3) is 0.333. The Hall–Kier alpha value is -0.950. The maximum absolute atomic E-state index is 4.35. The van der Waals surface area contributed by atoms with Crippen molar-refractivity contribution in [3.05, 3.63) is 39.5 Å². The molecule has 0 aromatic carbocycles. The molecule has 2 heterocycles. The fourth-order valence-electron chi connectivity index (χ4n) is 1.62. The molecule has 0 atom stereocenters. The molecule has 0 radical (unpaired) electrons. The van der Waals surface area contributed by atoms with Gasteiger partial charge in [0.1, 0.15) is 0 Å². The minimum Gasteiger partial charge on any atom is -0.313 e. The monoisotopic (exact) mass is 342 g/mol. The number of nitrogens with zero attached hydrogens (tertiary/aromatic N) is 3. The number of nitrogens with one attached hydrogen (secondary N) is 1. The number of aryl methyl sites for hydroxylation is 1. The molecule has 2 aromatic rings. The van der Waals surface area contributed by atoms with Crippen LogP contribution in [0.25, 0.3) is 5.69 Å². The van der Waals surface area contributed by atoms with Gasteiger partial charge in [-0.1, -0.05) is 6.92 Å². The second-order valence-electron chi connectivity index (χ2n) is 3.84. The summed E-state index contributed by atoms with van der Waals surface area (Å²) in [6.45, 7) is 5.85. The first-order valence-corrected chi connectivity index (χ1v) is 6.65. The predicted molar refractivity (Wildman–Crippen MR) is 76.2 cm³/mol. The van der Waals surface area contributed by atoms with Crippen LogP contribution in [0.2, 0.25) is 0 Å². The molecule has 5 heteroatoms. The highest BCUT2D eigenvalue weighted by Crippen LogP contribution is 2.15. The summed E-state index contributed by atoms with van der Waals surface area (Å²) in [6, 6.07) is 2.07. The van der Waals surface area contributed by atoms with Crippen LogP contribution >= 0.6 is 22.6 Å². The van der Waals surface area contributed by atoms with E-state index in [-0.39, 0.29) is 0 Å². The molecule has 17 heavy (non-hydrogen) atoms. The standard InChI is InChI=1S/C12H15IN4/c1-3-14-5-10-6-15-9(2)4-12(10)17-8-11(13)7-16-17/h4,6-8,14H,3,5H2,1-2H3. The molecule has 0 aliphatic heterocycles. The van der Waals surface area contributed by atoms with E-state index in [2.05, 4.69) is 51.0 Å². The summed E-state index contributed by atoms with van der Waals surface area (Å²) in [4.78, 5) is 4.34. The number of hydrogen-bond acceptors (Lipinski definition) is 3. The molecule has 0 aliphatic carbocycles. The molecule has 0 unspecified atom stereocenters. The van der Waals surface area contributed by atoms with Crippen LogP contribution in [-0.4, -0.2) is 21.3 Å². The Bertz CT molecular complexity index is 507. The SMILES string of the molecule is CCNCc1cnc(C)cc1-n1cc(I)cn1. The van der Waals surface area contributed by atoms with Crippen LogP contribution in [-0.2, 0) is 6.54 Å². The van der Waals surface area contributed by atoms with Crippen molar-refractivity contribution in [3.8, 4) is 5.69 Å². The Morgan fingerprint density at radius 1 is 1.41 bits per heavy atom. The molecule has 90 valence electrons. The van der Waals surface area contributed by atoms with Crippen molar-refractivity contribution in [2.45, 2.75) is 20.4 Å². The summed E-state index contributed by atoms with van der Waals surface area (Å²) in [5, 5.41) is 7.67. The van der Waals surface area contributed by atoms with Gasteiger partial charge in [-0.05, 0) is 42.1 Å². The molecule has 2 aromatic heterocycles. The summed E-state index contributed by atoms with van der Waals surface area (Å²) >= 11 is 2.26. The first kappa shape index (κ1) is 12.5. The second kappa shape index (κ2) is 5.59. The third kappa shape index (κ3) is 3.04. The van der Waals surface area contributed by atoms with E-state index in [9.17, 15) is 0 Å². The Morgan fingerprint density at radius 2 is 2.24 bits per heavy atom. The van der Waals surface area contributed by atoms with Crippen molar-refractivity contribution < 1.29 is 0 Å². The minimum absolute atomic E-state index is 0.815. The molecule has 4 nitrogen and oxygen atoms in total. The van der Waals surface area contributed by atoms with E-state index in [4.69, 9.17) is 0 Å². The van der Waals surface area contributed by atoms with Gasteiger partial charge < -0.3 is 5.32 Å². The van der Waals surface area contributed by atoms with Crippen LogP contribution in [0.3, 0.4) is 0 Å². The highest BCUT2D eigenvalue weighted by atomic mass is 127. The summed E-state index contributed by atoms with van der Waals surface area (Å²) < 4.78 is 3.04. The Labute approximate surface area is 115 Å². The molecule has 1 N–H and O–H groups in total. The van der Waals surface area contributed by atoms with E-state index in [1.165, 1.54) is 0 Å². The van der Waals surface area contributed by atoms with Crippen LogP contribution in [0, 0.1) is 10.5 Å². The zero-order valence-corrected chi connectivity index (χ0v) is 12.1. The molecule has 0 amide bonds. The quantitative estimate of drug-likeness (QED) is 0.867.